The van der Waals surface area contributed by atoms with Gasteiger partial charge in [-0.05, 0) is 36.4 Å². The molecule has 0 atom stereocenters. The normalized spacial score (nSPS) is 10.4. The van der Waals surface area contributed by atoms with Gasteiger partial charge in [0.1, 0.15) is 18.2 Å². The van der Waals surface area contributed by atoms with Gasteiger partial charge in [0, 0.05) is 11.6 Å². The molecule has 0 amide bonds. The molecule has 138 valence electrons. The van der Waals surface area contributed by atoms with Gasteiger partial charge in [-0.2, -0.15) is 5.10 Å². The summed E-state index contributed by atoms with van der Waals surface area (Å²) in [6.07, 6.45) is 0. The largest absolute Gasteiger partial charge is 0.492 e. The van der Waals surface area contributed by atoms with E-state index in [0.717, 1.165) is 0 Å². The van der Waals surface area contributed by atoms with Gasteiger partial charge in [-0.25, -0.2) is 13.9 Å². The number of hydrogen-bond donors (Lipinski definition) is 0. The van der Waals surface area contributed by atoms with Crippen molar-refractivity contribution in [2.24, 2.45) is 0 Å². The molecule has 0 saturated heterocycles. The Labute approximate surface area is 154 Å². The molecule has 0 aliphatic carbocycles. The highest BCUT2D eigenvalue weighted by Gasteiger charge is 2.09. The zero-order valence-electron chi connectivity index (χ0n) is 14.6. The Morgan fingerprint density at radius 3 is 2.70 bits per heavy atom. The fourth-order valence-corrected chi connectivity index (χ4v) is 2.50. The third-order valence-corrected chi connectivity index (χ3v) is 3.84. The Hall–Kier alpha value is -3.48. The Morgan fingerprint density at radius 2 is 1.93 bits per heavy atom. The zero-order valence-corrected chi connectivity index (χ0v) is 14.6. The lowest BCUT2D eigenvalue weighted by molar-refractivity contribution is 0.0600. The van der Waals surface area contributed by atoms with Crippen molar-refractivity contribution in [1.82, 2.24) is 9.78 Å². The number of rotatable bonds is 6. The van der Waals surface area contributed by atoms with Gasteiger partial charge in [0.15, 0.2) is 0 Å². The molecule has 2 aromatic carbocycles. The van der Waals surface area contributed by atoms with Crippen LogP contribution in [0.5, 0.6) is 5.75 Å². The number of nitrogens with zero attached hydrogens (tertiary/aromatic N) is 2. The lowest BCUT2D eigenvalue weighted by atomic mass is 10.1. The highest BCUT2D eigenvalue weighted by molar-refractivity contribution is 5.89. The minimum atomic E-state index is -0.462. The average molecular weight is 368 g/mol. The van der Waals surface area contributed by atoms with Gasteiger partial charge in [0.25, 0.3) is 5.56 Å². The Balaban J connectivity index is 1.72. The molecule has 1 aromatic heterocycles. The summed E-state index contributed by atoms with van der Waals surface area (Å²) in [7, 11) is 1.30. The van der Waals surface area contributed by atoms with Gasteiger partial charge in [-0.1, -0.05) is 18.2 Å². The van der Waals surface area contributed by atoms with Crippen LogP contribution < -0.4 is 10.3 Å². The van der Waals surface area contributed by atoms with Crippen molar-refractivity contribution in [3.05, 3.63) is 82.4 Å². The number of carbonyl (C=O) groups is 1. The maximum atomic E-state index is 13.9. The van der Waals surface area contributed by atoms with E-state index in [9.17, 15) is 14.0 Å². The van der Waals surface area contributed by atoms with Gasteiger partial charge in [0.05, 0.1) is 24.9 Å². The van der Waals surface area contributed by atoms with Crippen molar-refractivity contribution in [3.8, 4) is 17.0 Å². The van der Waals surface area contributed by atoms with E-state index in [1.165, 1.54) is 30.0 Å². The second kappa shape index (κ2) is 8.27. The monoisotopic (exact) mass is 368 g/mol. The van der Waals surface area contributed by atoms with Gasteiger partial charge in [0.2, 0.25) is 0 Å². The highest BCUT2D eigenvalue weighted by Crippen LogP contribution is 2.19. The molecule has 0 unspecified atom stereocenters. The van der Waals surface area contributed by atoms with Crippen LogP contribution in [0.3, 0.4) is 0 Å². The predicted octanol–water partition coefficient (Wildman–Crippen LogP) is 2.92. The summed E-state index contributed by atoms with van der Waals surface area (Å²) in [5, 5.41) is 4.20. The molecule has 0 aliphatic rings. The van der Waals surface area contributed by atoms with Gasteiger partial charge in [-0.3, -0.25) is 4.79 Å². The number of esters is 1. The van der Waals surface area contributed by atoms with E-state index in [0.29, 0.717) is 22.6 Å². The van der Waals surface area contributed by atoms with Crippen molar-refractivity contribution in [2.45, 2.75) is 6.54 Å². The summed E-state index contributed by atoms with van der Waals surface area (Å²) >= 11 is 0. The first-order chi connectivity index (χ1) is 13.1. The third kappa shape index (κ3) is 4.38. The van der Waals surface area contributed by atoms with Crippen molar-refractivity contribution < 1.29 is 18.7 Å². The number of benzene rings is 2. The third-order valence-electron chi connectivity index (χ3n) is 3.84. The lowest BCUT2D eigenvalue weighted by Gasteiger charge is -2.10. The van der Waals surface area contributed by atoms with E-state index < -0.39 is 11.8 Å². The van der Waals surface area contributed by atoms with E-state index in [4.69, 9.17) is 4.74 Å². The number of carbonyl (C=O) groups excluding carboxylic acids is 1. The number of methoxy groups -OCH3 is 1. The molecule has 0 saturated carbocycles. The van der Waals surface area contributed by atoms with Crippen LogP contribution in [0.15, 0.2) is 65.5 Å². The number of hydrogen-bond acceptors (Lipinski definition) is 5. The number of halogens is 1. The highest BCUT2D eigenvalue weighted by atomic mass is 19.1. The van der Waals surface area contributed by atoms with Crippen LogP contribution in [0.25, 0.3) is 11.3 Å². The maximum absolute atomic E-state index is 13.9. The van der Waals surface area contributed by atoms with E-state index in [1.807, 2.05) is 0 Å². The molecular weight excluding hydrogens is 351 g/mol. The van der Waals surface area contributed by atoms with Crippen molar-refractivity contribution in [2.75, 3.05) is 13.7 Å². The van der Waals surface area contributed by atoms with E-state index in [-0.39, 0.29) is 18.7 Å². The molecule has 3 rings (SSSR count). The minimum Gasteiger partial charge on any atom is -0.492 e. The summed E-state index contributed by atoms with van der Waals surface area (Å²) in [6.45, 7) is 0.321. The Bertz CT molecular complexity index is 1020. The first kappa shape index (κ1) is 18.3. The van der Waals surface area contributed by atoms with E-state index >= 15 is 0 Å². The SMILES string of the molecule is COC(=O)c1cccc(OCCn2nc(-c3ccccc3F)ccc2=O)c1. The van der Waals surface area contributed by atoms with Crippen molar-refractivity contribution in [3.63, 3.8) is 0 Å². The average Bonchev–Trinajstić information content (AvgIpc) is 2.69. The summed E-state index contributed by atoms with van der Waals surface area (Å²) in [4.78, 5) is 23.5. The van der Waals surface area contributed by atoms with Crippen LogP contribution in [0.4, 0.5) is 4.39 Å². The van der Waals surface area contributed by atoms with Gasteiger partial charge in [-0.15, -0.1) is 0 Å². The Morgan fingerprint density at radius 1 is 1.11 bits per heavy atom. The fourth-order valence-electron chi connectivity index (χ4n) is 2.50. The van der Waals surface area contributed by atoms with Crippen LogP contribution in [0, 0.1) is 5.82 Å². The topological polar surface area (TPSA) is 70.4 Å². The molecule has 6 nitrogen and oxygen atoms in total. The van der Waals surface area contributed by atoms with E-state index in [1.54, 1.807) is 42.5 Å². The first-order valence-corrected chi connectivity index (χ1v) is 8.23. The zero-order chi connectivity index (χ0) is 19.2. The lowest BCUT2D eigenvalue weighted by Crippen LogP contribution is -2.25. The van der Waals surface area contributed by atoms with Crippen molar-refractivity contribution >= 4 is 5.97 Å². The molecule has 0 fully saturated rings. The van der Waals surface area contributed by atoms with E-state index in [2.05, 4.69) is 9.84 Å². The number of aromatic nitrogens is 2. The van der Waals surface area contributed by atoms with Crippen LogP contribution in [0.1, 0.15) is 10.4 Å². The molecule has 0 bridgehead atoms. The molecule has 1 heterocycles. The summed E-state index contributed by atoms with van der Waals surface area (Å²) in [6, 6.07) is 15.6. The summed E-state index contributed by atoms with van der Waals surface area (Å²) in [5.41, 5.74) is 0.729. The molecule has 27 heavy (non-hydrogen) atoms. The van der Waals surface area contributed by atoms with Crippen LogP contribution in [-0.4, -0.2) is 29.5 Å². The first-order valence-electron chi connectivity index (χ1n) is 8.23. The fraction of sp³-hybridized carbons (Fsp3) is 0.150. The smallest absolute Gasteiger partial charge is 0.337 e. The van der Waals surface area contributed by atoms with Crippen LogP contribution in [0.2, 0.25) is 0 Å². The standard InChI is InChI=1S/C20H17FN2O4/c1-26-20(25)14-5-4-6-15(13-14)27-12-11-23-19(24)10-9-18(22-23)16-7-2-3-8-17(16)21/h2-10,13H,11-12H2,1H3. The van der Waals surface area contributed by atoms with Gasteiger partial charge < -0.3 is 9.47 Å². The van der Waals surface area contributed by atoms with Crippen LogP contribution in [-0.2, 0) is 11.3 Å². The molecule has 0 spiro atoms. The second-order valence-electron chi connectivity index (χ2n) is 5.63. The predicted molar refractivity (Wildman–Crippen MR) is 97.2 cm³/mol. The second-order valence-corrected chi connectivity index (χ2v) is 5.63. The van der Waals surface area contributed by atoms with Gasteiger partial charge >= 0.3 is 5.97 Å². The van der Waals surface area contributed by atoms with Crippen LogP contribution >= 0.6 is 0 Å². The molecule has 3 aromatic rings. The van der Waals surface area contributed by atoms with Crippen molar-refractivity contribution in [1.29, 1.82) is 0 Å². The molecule has 0 aliphatic heterocycles. The molecule has 0 N–H and O–H groups in total. The Kier molecular flexibility index (Phi) is 5.61. The summed E-state index contributed by atoms with van der Waals surface area (Å²) in [5.74, 6) is -0.404. The maximum Gasteiger partial charge on any atom is 0.337 e. The molecular formula is C20H17FN2O4. The molecule has 7 heteroatoms. The molecule has 0 radical (unpaired) electrons. The number of ether oxygens (including phenoxy) is 2. The summed E-state index contributed by atoms with van der Waals surface area (Å²) < 4.78 is 25.4. The minimum absolute atomic E-state index is 0.151. The quantitative estimate of drug-likeness (QED) is 0.626.